The lowest BCUT2D eigenvalue weighted by molar-refractivity contribution is 1.21. The summed E-state index contributed by atoms with van der Waals surface area (Å²) in [5.41, 5.74) is 7.13. The fourth-order valence-electron chi connectivity index (χ4n) is 4.65. The first kappa shape index (κ1) is 21.9. The van der Waals surface area contributed by atoms with Gasteiger partial charge in [-0.25, -0.2) is 19.9 Å². The van der Waals surface area contributed by atoms with E-state index < -0.39 is 0 Å². The molecule has 178 valence electrons. The zero-order chi connectivity index (χ0) is 25.3. The molecule has 38 heavy (non-hydrogen) atoms. The Hall–Kier alpha value is -5.36. The van der Waals surface area contributed by atoms with E-state index in [1.165, 1.54) is 0 Å². The summed E-state index contributed by atoms with van der Waals surface area (Å²) in [6.07, 6.45) is 7.19. The lowest BCUT2D eigenvalue weighted by atomic mass is 10.0. The Balaban J connectivity index is 1.40. The summed E-state index contributed by atoms with van der Waals surface area (Å²) in [5, 5.41) is 1.97. The number of para-hydroxylation sites is 2. The van der Waals surface area contributed by atoms with Crippen molar-refractivity contribution in [3.05, 3.63) is 122 Å². The Kier molecular flexibility index (Phi) is 5.33. The predicted molar refractivity (Wildman–Crippen MR) is 150 cm³/mol. The second kappa shape index (κ2) is 9.26. The molecule has 0 atom stereocenters. The van der Waals surface area contributed by atoms with Crippen LogP contribution in [-0.2, 0) is 0 Å². The van der Waals surface area contributed by atoms with E-state index in [-0.39, 0.29) is 0 Å². The van der Waals surface area contributed by atoms with Gasteiger partial charge in [-0.05, 0) is 42.5 Å². The van der Waals surface area contributed by atoms with Crippen LogP contribution in [0.5, 0.6) is 0 Å². The van der Waals surface area contributed by atoms with Crippen molar-refractivity contribution in [3.8, 4) is 45.3 Å². The van der Waals surface area contributed by atoms with Gasteiger partial charge in [0.05, 0.1) is 22.4 Å². The molecule has 6 nitrogen and oxygen atoms in total. The van der Waals surface area contributed by atoms with E-state index in [2.05, 4.69) is 9.97 Å². The molecule has 0 saturated heterocycles. The quantitative estimate of drug-likeness (QED) is 0.265. The molecule has 7 rings (SSSR count). The van der Waals surface area contributed by atoms with Crippen LogP contribution in [0.15, 0.2) is 122 Å². The number of nitrogens with zero attached hydrogens (tertiary/aromatic N) is 6. The number of benzene rings is 3. The number of hydrogen-bond donors (Lipinski definition) is 0. The van der Waals surface area contributed by atoms with Crippen molar-refractivity contribution in [2.45, 2.75) is 0 Å². The number of hydrogen-bond acceptors (Lipinski definition) is 6. The molecule has 0 amide bonds. The van der Waals surface area contributed by atoms with Crippen molar-refractivity contribution >= 4 is 21.8 Å². The minimum absolute atomic E-state index is 0.637. The largest absolute Gasteiger partial charge is 0.264 e. The zero-order valence-corrected chi connectivity index (χ0v) is 20.2. The van der Waals surface area contributed by atoms with E-state index in [1.807, 2.05) is 109 Å². The second-order valence-corrected chi connectivity index (χ2v) is 8.89. The van der Waals surface area contributed by atoms with Gasteiger partial charge in [0.1, 0.15) is 0 Å². The highest BCUT2D eigenvalue weighted by Crippen LogP contribution is 2.32. The van der Waals surface area contributed by atoms with Gasteiger partial charge in [-0.3, -0.25) is 9.97 Å². The molecule has 0 bridgehead atoms. The third kappa shape index (κ3) is 3.94. The molecule has 4 heterocycles. The Labute approximate surface area is 218 Å². The van der Waals surface area contributed by atoms with Gasteiger partial charge in [0.25, 0.3) is 0 Å². The Morgan fingerprint density at radius 3 is 1.34 bits per heavy atom. The normalized spacial score (nSPS) is 11.2. The molecule has 0 aliphatic carbocycles. The minimum Gasteiger partial charge on any atom is -0.264 e. The van der Waals surface area contributed by atoms with Gasteiger partial charge in [0, 0.05) is 57.8 Å². The van der Waals surface area contributed by atoms with Gasteiger partial charge in [-0.15, -0.1) is 0 Å². The standard InChI is InChI=1S/C32H20N6/c1-3-14-27-25(12-1)29(23-10-6-16-33-19-23)37-31(35-27)21-8-5-9-22(18-21)32-36-28-15-4-2-13-26(28)30(38-32)24-11-7-17-34-20-24/h1-20H. The van der Waals surface area contributed by atoms with Crippen LogP contribution >= 0.6 is 0 Å². The van der Waals surface area contributed by atoms with E-state index in [1.54, 1.807) is 12.4 Å². The van der Waals surface area contributed by atoms with E-state index >= 15 is 0 Å². The molecule has 3 aromatic carbocycles. The maximum atomic E-state index is 4.99. The molecule has 4 aromatic heterocycles. The highest BCUT2D eigenvalue weighted by Gasteiger charge is 2.15. The van der Waals surface area contributed by atoms with Crippen molar-refractivity contribution in [1.82, 2.24) is 29.9 Å². The van der Waals surface area contributed by atoms with Crippen LogP contribution in [0.1, 0.15) is 0 Å². The molecule has 6 heteroatoms. The van der Waals surface area contributed by atoms with Crippen molar-refractivity contribution in [3.63, 3.8) is 0 Å². The fraction of sp³-hybridized carbons (Fsp3) is 0. The summed E-state index contributed by atoms with van der Waals surface area (Å²) in [4.78, 5) is 28.4. The summed E-state index contributed by atoms with van der Waals surface area (Å²) in [7, 11) is 0. The molecule has 0 fully saturated rings. The van der Waals surface area contributed by atoms with Gasteiger partial charge in [-0.2, -0.15) is 0 Å². The van der Waals surface area contributed by atoms with Crippen LogP contribution in [0.3, 0.4) is 0 Å². The van der Waals surface area contributed by atoms with Gasteiger partial charge in [0.15, 0.2) is 11.6 Å². The second-order valence-electron chi connectivity index (χ2n) is 8.89. The first-order valence-corrected chi connectivity index (χ1v) is 12.3. The average molecular weight is 489 g/mol. The van der Waals surface area contributed by atoms with E-state index in [0.717, 1.165) is 55.4 Å². The van der Waals surface area contributed by atoms with Gasteiger partial charge in [-0.1, -0.05) is 54.6 Å². The monoisotopic (exact) mass is 488 g/mol. The van der Waals surface area contributed by atoms with Crippen molar-refractivity contribution in [1.29, 1.82) is 0 Å². The first-order valence-electron chi connectivity index (χ1n) is 12.3. The summed E-state index contributed by atoms with van der Waals surface area (Å²) in [5.74, 6) is 1.27. The zero-order valence-electron chi connectivity index (χ0n) is 20.2. The molecule has 0 aliphatic rings. The Morgan fingerprint density at radius 2 is 0.868 bits per heavy atom. The molecule has 7 aromatic rings. The maximum absolute atomic E-state index is 4.99. The maximum Gasteiger partial charge on any atom is 0.160 e. The van der Waals surface area contributed by atoms with Crippen molar-refractivity contribution in [2.75, 3.05) is 0 Å². The highest BCUT2D eigenvalue weighted by molar-refractivity contribution is 5.94. The Morgan fingerprint density at radius 1 is 0.395 bits per heavy atom. The van der Waals surface area contributed by atoms with Crippen LogP contribution < -0.4 is 0 Å². The van der Waals surface area contributed by atoms with Crippen LogP contribution in [0.4, 0.5) is 0 Å². The van der Waals surface area contributed by atoms with Crippen LogP contribution in [0.25, 0.3) is 67.1 Å². The molecule has 0 saturated carbocycles. The van der Waals surface area contributed by atoms with E-state index in [0.29, 0.717) is 11.6 Å². The van der Waals surface area contributed by atoms with Crippen molar-refractivity contribution in [2.24, 2.45) is 0 Å². The van der Waals surface area contributed by atoms with Gasteiger partial charge < -0.3 is 0 Å². The molecular weight excluding hydrogens is 468 g/mol. The third-order valence-corrected chi connectivity index (χ3v) is 6.46. The Bertz CT molecular complexity index is 1780. The van der Waals surface area contributed by atoms with Crippen LogP contribution in [0, 0.1) is 0 Å². The van der Waals surface area contributed by atoms with Crippen molar-refractivity contribution < 1.29 is 0 Å². The number of fused-ring (bicyclic) bond motifs is 2. The van der Waals surface area contributed by atoms with Crippen LogP contribution in [0.2, 0.25) is 0 Å². The highest BCUT2D eigenvalue weighted by atomic mass is 14.9. The smallest absolute Gasteiger partial charge is 0.160 e. The summed E-state index contributed by atoms with van der Waals surface area (Å²) >= 11 is 0. The average Bonchev–Trinajstić information content (AvgIpc) is 3.01. The number of pyridine rings is 2. The molecule has 0 unspecified atom stereocenters. The molecular formula is C32H20N6. The summed E-state index contributed by atoms with van der Waals surface area (Å²) < 4.78 is 0. The lowest BCUT2D eigenvalue weighted by Crippen LogP contribution is -1.97. The summed E-state index contributed by atoms with van der Waals surface area (Å²) in [6.45, 7) is 0. The minimum atomic E-state index is 0.637. The first-order chi connectivity index (χ1) is 18.8. The molecule has 0 N–H and O–H groups in total. The number of rotatable bonds is 4. The number of aromatic nitrogens is 6. The van der Waals surface area contributed by atoms with Gasteiger partial charge >= 0.3 is 0 Å². The predicted octanol–water partition coefficient (Wildman–Crippen LogP) is 7.03. The fourth-order valence-corrected chi connectivity index (χ4v) is 4.65. The molecule has 0 radical (unpaired) electrons. The topological polar surface area (TPSA) is 77.3 Å². The molecule has 0 aliphatic heterocycles. The third-order valence-electron chi connectivity index (χ3n) is 6.46. The lowest BCUT2D eigenvalue weighted by Gasteiger charge is -2.11. The van der Waals surface area contributed by atoms with Gasteiger partial charge in [0.2, 0.25) is 0 Å². The summed E-state index contributed by atoms with van der Waals surface area (Å²) in [6, 6.07) is 32.1. The van der Waals surface area contributed by atoms with E-state index in [9.17, 15) is 0 Å². The van der Waals surface area contributed by atoms with Crippen LogP contribution in [-0.4, -0.2) is 29.9 Å². The van der Waals surface area contributed by atoms with E-state index in [4.69, 9.17) is 19.9 Å². The molecule has 0 spiro atoms. The SMILES string of the molecule is c1cc(-c2nc(-c3cccnc3)c3ccccc3n2)cc(-c2nc(-c3cccnc3)c3ccccc3n2)c1.